The monoisotopic (exact) mass is 436 g/mol. The number of thiophene rings is 1. The van der Waals surface area contributed by atoms with Crippen molar-refractivity contribution in [2.45, 2.75) is 38.8 Å². The van der Waals surface area contributed by atoms with Gasteiger partial charge in [-0.1, -0.05) is 17.7 Å². The molecule has 2 N–H and O–H groups in total. The summed E-state index contributed by atoms with van der Waals surface area (Å²) in [6, 6.07) is 8.59. The standard InChI is InChI=1S/C24H28N4O2S/c1-13-5-6-18-16(9-13)17-11-27(3)8-7-19(17)28(18)24(29)22-21(25)20-15(12-30-4)10-14(2)26-23(20)31-22/h5-6,9-10,17,19H,7-8,11-12,25H2,1-4H3/t17-,19-/m1/s1. The lowest BCUT2D eigenvalue weighted by molar-refractivity contribution is 0.0969. The number of nitrogens with zero attached hydrogens (tertiary/aromatic N) is 3. The van der Waals surface area contributed by atoms with E-state index in [1.54, 1.807) is 7.11 Å². The van der Waals surface area contributed by atoms with Gasteiger partial charge in [0, 0.05) is 42.4 Å². The van der Waals surface area contributed by atoms with Gasteiger partial charge in [0.1, 0.15) is 9.71 Å². The van der Waals surface area contributed by atoms with Crippen LogP contribution < -0.4 is 10.6 Å². The van der Waals surface area contributed by atoms with E-state index >= 15 is 0 Å². The predicted octanol–water partition coefficient (Wildman–Crippen LogP) is 4.09. The quantitative estimate of drug-likeness (QED) is 0.670. The van der Waals surface area contributed by atoms with Crippen LogP contribution in [0.5, 0.6) is 0 Å². The Kier molecular flexibility index (Phi) is 5.00. The second kappa shape index (κ2) is 7.58. The molecule has 7 heteroatoms. The number of nitrogen functional groups attached to an aromatic ring is 1. The maximum atomic E-state index is 14.0. The van der Waals surface area contributed by atoms with E-state index in [1.165, 1.54) is 22.5 Å². The normalized spacial score (nSPS) is 20.8. The Hall–Kier alpha value is -2.48. The predicted molar refractivity (Wildman–Crippen MR) is 126 cm³/mol. The Bertz CT molecular complexity index is 1190. The molecule has 2 aromatic heterocycles. The van der Waals surface area contributed by atoms with Crippen molar-refractivity contribution in [3.63, 3.8) is 0 Å². The van der Waals surface area contributed by atoms with E-state index in [0.717, 1.165) is 46.7 Å². The summed E-state index contributed by atoms with van der Waals surface area (Å²) in [6.07, 6.45) is 0.956. The maximum Gasteiger partial charge on any atom is 0.270 e. The molecule has 1 amide bonds. The zero-order valence-electron chi connectivity index (χ0n) is 18.4. The third-order valence-corrected chi connectivity index (χ3v) is 7.66. The van der Waals surface area contributed by atoms with E-state index in [2.05, 4.69) is 42.1 Å². The van der Waals surface area contributed by atoms with Crippen molar-refractivity contribution in [2.24, 2.45) is 0 Å². The average Bonchev–Trinajstić information content (AvgIpc) is 3.22. The van der Waals surface area contributed by atoms with Crippen LogP contribution in [-0.4, -0.2) is 49.1 Å². The van der Waals surface area contributed by atoms with Crippen molar-refractivity contribution in [3.05, 3.63) is 51.5 Å². The first kappa shape index (κ1) is 20.4. The van der Waals surface area contributed by atoms with E-state index in [0.29, 0.717) is 23.1 Å². The number of fused-ring (bicyclic) bond motifs is 4. The highest BCUT2D eigenvalue weighted by atomic mass is 32.1. The number of benzene rings is 1. The molecule has 1 aromatic carbocycles. The first-order valence-electron chi connectivity index (χ1n) is 10.7. The second-order valence-electron chi connectivity index (χ2n) is 8.84. The topological polar surface area (TPSA) is 71.7 Å². The molecule has 1 saturated heterocycles. The Morgan fingerprint density at radius 1 is 1.32 bits per heavy atom. The number of aromatic nitrogens is 1. The molecule has 0 bridgehead atoms. The smallest absolute Gasteiger partial charge is 0.270 e. The zero-order valence-corrected chi connectivity index (χ0v) is 19.3. The first-order chi connectivity index (χ1) is 14.9. The third kappa shape index (κ3) is 3.23. The number of hydrogen-bond donors (Lipinski definition) is 1. The number of piperidine rings is 1. The lowest BCUT2D eigenvalue weighted by Gasteiger charge is -2.36. The summed E-state index contributed by atoms with van der Waals surface area (Å²) in [7, 11) is 3.82. The van der Waals surface area contributed by atoms with Gasteiger partial charge in [0.2, 0.25) is 0 Å². The minimum absolute atomic E-state index is 0.0105. The molecular weight excluding hydrogens is 408 g/mol. The van der Waals surface area contributed by atoms with Crippen LogP contribution in [0, 0.1) is 13.8 Å². The molecule has 0 aliphatic carbocycles. The Morgan fingerprint density at radius 2 is 2.13 bits per heavy atom. The van der Waals surface area contributed by atoms with Gasteiger partial charge in [-0.15, -0.1) is 11.3 Å². The van der Waals surface area contributed by atoms with Crippen molar-refractivity contribution in [1.29, 1.82) is 0 Å². The molecule has 0 spiro atoms. The molecule has 0 unspecified atom stereocenters. The number of nitrogens with two attached hydrogens (primary N) is 1. The van der Waals surface area contributed by atoms with Crippen LogP contribution in [0.3, 0.4) is 0 Å². The summed E-state index contributed by atoms with van der Waals surface area (Å²) in [5.41, 5.74) is 12.5. The molecule has 162 valence electrons. The molecule has 4 heterocycles. The summed E-state index contributed by atoms with van der Waals surface area (Å²) in [5.74, 6) is 0.321. The van der Waals surface area contributed by atoms with Gasteiger partial charge in [-0.25, -0.2) is 4.98 Å². The third-order valence-electron chi connectivity index (χ3n) is 6.57. The zero-order chi connectivity index (χ0) is 21.9. The van der Waals surface area contributed by atoms with Crippen molar-refractivity contribution >= 4 is 38.8 Å². The molecule has 0 radical (unpaired) electrons. The number of amides is 1. The van der Waals surface area contributed by atoms with Crippen LogP contribution in [0.15, 0.2) is 24.3 Å². The van der Waals surface area contributed by atoms with Crippen molar-refractivity contribution < 1.29 is 9.53 Å². The fraction of sp³-hybridized carbons (Fsp3) is 0.417. The number of rotatable bonds is 3. The van der Waals surface area contributed by atoms with Crippen LogP contribution in [0.25, 0.3) is 10.2 Å². The van der Waals surface area contributed by atoms with E-state index < -0.39 is 0 Å². The Balaban J connectivity index is 1.63. The number of carbonyl (C=O) groups is 1. The number of methoxy groups -OCH3 is 1. The molecule has 2 atom stereocenters. The lowest BCUT2D eigenvalue weighted by atomic mass is 9.89. The first-order valence-corrected chi connectivity index (χ1v) is 11.5. The summed E-state index contributed by atoms with van der Waals surface area (Å²) in [4.78, 5) is 24.4. The molecular formula is C24H28N4O2S. The van der Waals surface area contributed by atoms with Crippen molar-refractivity contribution in [3.8, 4) is 0 Å². The number of anilines is 2. The summed E-state index contributed by atoms with van der Waals surface area (Å²) in [5, 5.41) is 0.851. The van der Waals surface area contributed by atoms with E-state index in [-0.39, 0.29) is 11.9 Å². The van der Waals surface area contributed by atoms with Gasteiger partial charge < -0.3 is 20.3 Å². The molecule has 2 aliphatic rings. The molecule has 1 fully saturated rings. The van der Waals surface area contributed by atoms with Crippen LogP contribution >= 0.6 is 11.3 Å². The maximum absolute atomic E-state index is 14.0. The van der Waals surface area contributed by atoms with Gasteiger partial charge >= 0.3 is 0 Å². The molecule has 5 rings (SSSR count). The number of aryl methyl sites for hydroxylation is 2. The van der Waals surface area contributed by atoms with Crippen molar-refractivity contribution in [2.75, 3.05) is 37.9 Å². The minimum Gasteiger partial charge on any atom is -0.397 e. The average molecular weight is 437 g/mol. The van der Waals surface area contributed by atoms with Gasteiger partial charge in [-0.05, 0) is 57.1 Å². The number of pyridine rings is 1. The molecule has 3 aromatic rings. The number of carbonyl (C=O) groups excluding carboxylic acids is 1. The number of likely N-dealkylation sites (N-methyl/N-ethyl adjacent to an activating group) is 1. The summed E-state index contributed by atoms with van der Waals surface area (Å²) in [6.45, 7) is 6.46. The molecule has 2 aliphatic heterocycles. The molecule has 0 saturated carbocycles. The molecule has 6 nitrogen and oxygen atoms in total. The van der Waals surface area contributed by atoms with Crippen LogP contribution in [0.4, 0.5) is 11.4 Å². The minimum atomic E-state index is -0.0105. The Morgan fingerprint density at radius 3 is 2.90 bits per heavy atom. The summed E-state index contributed by atoms with van der Waals surface area (Å²) < 4.78 is 5.38. The van der Waals surface area contributed by atoms with Crippen LogP contribution in [0.2, 0.25) is 0 Å². The number of likely N-dealkylation sites (tertiary alicyclic amines) is 1. The van der Waals surface area contributed by atoms with Gasteiger partial charge in [-0.3, -0.25) is 4.79 Å². The van der Waals surface area contributed by atoms with E-state index in [9.17, 15) is 4.79 Å². The number of ether oxygens (including phenoxy) is 1. The highest BCUT2D eigenvalue weighted by Crippen LogP contribution is 2.47. The summed E-state index contributed by atoms with van der Waals surface area (Å²) >= 11 is 1.40. The van der Waals surface area contributed by atoms with Crippen LogP contribution in [0.1, 0.15) is 44.4 Å². The second-order valence-corrected chi connectivity index (χ2v) is 9.84. The van der Waals surface area contributed by atoms with E-state index in [4.69, 9.17) is 10.5 Å². The number of hydrogen-bond acceptors (Lipinski definition) is 6. The largest absolute Gasteiger partial charge is 0.397 e. The highest BCUT2D eigenvalue weighted by molar-refractivity contribution is 7.21. The molecule has 31 heavy (non-hydrogen) atoms. The van der Waals surface area contributed by atoms with Gasteiger partial charge in [0.25, 0.3) is 5.91 Å². The van der Waals surface area contributed by atoms with Gasteiger partial charge in [-0.2, -0.15) is 0 Å². The Labute approximate surface area is 186 Å². The van der Waals surface area contributed by atoms with Crippen molar-refractivity contribution in [1.82, 2.24) is 9.88 Å². The highest BCUT2D eigenvalue weighted by Gasteiger charge is 2.44. The van der Waals surface area contributed by atoms with Gasteiger partial charge in [0.05, 0.1) is 12.3 Å². The fourth-order valence-electron chi connectivity index (χ4n) is 5.22. The SMILES string of the molecule is COCc1cc(C)nc2sc(C(=O)N3c4ccc(C)cc4[C@H]4CN(C)CC[C@H]43)c(N)c12. The lowest BCUT2D eigenvalue weighted by Crippen LogP contribution is -2.47. The van der Waals surface area contributed by atoms with Crippen LogP contribution in [-0.2, 0) is 11.3 Å². The van der Waals surface area contributed by atoms with E-state index in [1.807, 2.05) is 17.9 Å². The fourth-order valence-corrected chi connectivity index (χ4v) is 6.34. The van der Waals surface area contributed by atoms with Gasteiger partial charge in [0.15, 0.2) is 0 Å².